The van der Waals surface area contributed by atoms with E-state index in [2.05, 4.69) is 12.2 Å². The summed E-state index contributed by atoms with van der Waals surface area (Å²) in [6.07, 6.45) is 3.25. The van der Waals surface area contributed by atoms with Crippen molar-refractivity contribution in [3.8, 4) is 0 Å². The number of likely N-dealkylation sites (tertiary alicyclic amines) is 1. The molecule has 0 spiro atoms. The molecule has 2 saturated heterocycles. The van der Waals surface area contributed by atoms with Crippen molar-refractivity contribution in [2.45, 2.75) is 44.7 Å². The molecule has 2 heterocycles. The Morgan fingerprint density at radius 3 is 2.88 bits per heavy atom. The Labute approximate surface area is 102 Å². The minimum atomic E-state index is -0.318. The van der Waals surface area contributed by atoms with Gasteiger partial charge in [-0.2, -0.15) is 0 Å². The van der Waals surface area contributed by atoms with Crippen molar-refractivity contribution in [3.05, 3.63) is 0 Å². The predicted molar refractivity (Wildman–Crippen MR) is 64.1 cm³/mol. The van der Waals surface area contributed by atoms with Crippen LogP contribution in [0.3, 0.4) is 0 Å². The standard InChI is InChI=1S/C12H21N3O2/c1-8-3-2-6-15(10(8)7-13)12(17)9-4-5-11(16)14-9/h8-10H,2-7,13H2,1H3,(H,14,16)/t8?,9-,10?/m1/s1. The first-order valence-electron chi connectivity index (χ1n) is 6.43. The van der Waals surface area contributed by atoms with E-state index in [9.17, 15) is 9.59 Å². The van der Waals surface area contributed by atoms with Crippen LogP contribution in [0.2, 0.25) is 0 Å². The second kappa shape index (κ2) is 5.04. The zero-order valence-electron chi connectivity index (χ0n) is 10.3. The number of nitrogens with one attached hydrogen (secondary N) is 1. The molecule has 2 fully saturated rings. The molecule has 0 bridgehead atoms. The number of amides is 2. The van der Waals surface area contributed by atoms with Crippen molar-refractivity contribution in [1.82, 2.24) is 10.2 Å². The Hall–Kier alpha value is -1.10. The number of carbonyl (C=O) groups excluding carboxylic acids is 2. The first-order chi connectivity index (χ1) is 8.13. The maximum atomic E-state index is 12.3. The van der Waals surface area contributed by atoms with Crippen molar-refractivity contribution in [2.75, 3.05) is 13.1 Å². The molecule has 2 amide bonds. The van der Waals surface area contributed by atoms with Crippen LogP contribution in [-0.4, -0.2) is 41.9 Å². The van der Waals surface area contributed by atoms with Gasteiger partial charge in [0.15, 0.2) is 0 Å². The van der Waals surface area contributed by atoms with Gasteiger partial charge in [0.2, 0.25) is 11.8 Å². The molecular weight excluding hydrogens is 218 g/mol. The van der Waals surface area contributed by atoms with Crippen LogP contribution in [0, 0.1) is 5.92 Å². The zero-order valence-corrected chi connectivity index (χ0v) is 10.3. The van der Waals surface area contributed by atoms with E-state index in [0.29, 0.717) is 25.3 Å². The van der Waals surface area contributed by atoms with Gasteiger partial charge in [-0.3, -0.25) is 9.59 Å². The fourth-order valence-electron chi connectivity index (χ4n) is 2.88. The lowest BCUT2D eigenvalue weighted by Gasteiger charge is -2.40. The summed E-state index contributed by atoms with van der Waals surface area (Å²) in [7, 11) is 0. The molecule has 96 valence electrons. The lowest BCUT2D eigenvalue weighted by molar-refractivity contribution is -0.138. The van der Waals surface area contributed by atoms with E-state index in [-0.39, 0.29) is 23.9 Å². The summed E-state index contributed by atoms with van der Waals surface area (Å²) >= 11 is 0. The molecule has 0 aliphatic carbocycles. The SMILES string of the molecule is CC1CCCN(C(=O)[C@H]2CCC(=O)N2)C1CN. The second-order valence-corrected chi connectivity index (χ2v) is 5.11. The molecule has 0 aromatic carbocycles. The second-order valence-electron chi connectivity index (χ2n) is 5.11. The summed E-state index contributed by atoms with van der Waals surface area (Å²) in [6, 6.07) is -0.185. The summed E-state index contributed by atoms with van der Waals surface area (Å²) in [5, 5.41) is 2.74. The van der Waals surface area contributed by atoms with Gasteiger partial charge in [0.1, 0.15) is 6.04 Å². The normalized spacial score (nSPS) is 33.6. The molecule has 2 aliphatic rings. The van der Waals surface area contributed by atoms with Crippen molar-refractivity contribution in [2.24, 2.45) is 11.7 Å². The van der Waals surface area contributed by atoms with E-state index in [0.717, 1.165) is 19.4 Å². The number of rotatable bonds is 2. The molecule has 2 aliphatic heterocycles. The molecule has 5 heteroatoms. The molecule has 3 atom stereocenters. The highest BCUT2D eigenvalue weighted by atomic mass is 16.2. The van der Waals surface area contributed by atoms with Crippen LogP contribution in [0.1, 0.15) is 32.6 Å². The number of hydrogen-bond acceptors (Lipinski definition) is 3. The quantitative estimate of drug-likeness (QED) is 0.703. The highest BCUT2D eigenvalue weighted by molar-refractivity contribution is 5.91. The van der Waals surface area contributed by atoms with Crippen LogP contribution in [-0.2, 0) is 9.59 Å². The van der Waals surface area contributed by atoms with Gasteiger partial charge in [-0.15, -0.1) is 0 Å². The monoisotopic (exact) mass is 239 g/mol. The molecule has 2 rings (SSSR count). The molecule has 0 aromatic heterocycles. The molecule has 17 heavy (non-hydrogen) atoms. The lowest BCUT2D eigenvalue weighted by atomic mass is 9.90. The number of hydrogen-bond donors (Lipinski definition) is 2. The number of piperidine rings is 1. The van der Waals surface area contributed by atoms with Crippen molar-refractivity contribution in [1.29, 1.82) is 0 Å². The van der Waals surface area contributed by atoms with Crippen LogP contribution < -0.4 is 11.1 Å². The molecule has 0 radical (unpaired) electrons. The Morgan fingerprint density at radius 2 is 2.29 bits per heavy atom. The summed E-state index contributed by atoms with van der Waals surface area (Å²) in [5.74, 6) is 0.491. The number of nitrogens with zero attached hydrogens (tertiary/aromatic N) is 1. The van der Waals surface area contributed by atoms with E-state index in [1.54, 1.807) is 0 Å². The first-order valence-corrected chi connectivity index (χ1v) is 6.43. The zero-order chi connectivity index (χ0) is 12.4. The van der Waals surface area contributed by atoms with Crippen LogP contribution >= 0.6 is 0 Å². The van der Waals surface area contributed by atoms with E-state index in [4.69, 9.17) is 5.73 Å². The third-order valence-corrected chi connectivity index (χ3v) is 3.93. The predicted octanol–water partition coefficient (Wildman–Crippen LogP) is -0.149. The van der Waals surface area contributed by atoms with Crippen molar-refractivity contribution in [3.63, 3.8) is 0 Å². The third kappa shape index (κ3) is 2.44. The smallest absolute Gasteiger partial charge is 0.245 e. The number of nitrogens with two attached hydrogens (primary N) is 1. The van der Waals surface area contributed by atoms with Crippen LogP contribution in [0.25, 0.3) is 0 Å². The third-order valence-electron chi connectivity index (χ3n) is 3.93. The average Bonchev–Trinajstić information content (AvgIpc) is 2.74. The van der Waals surface area contributed by atoms with Gasteiger partial charge in [0.05, 0.1) is 0 Å². The van der Waals surface area contributed by atoms with E-state index >= 15 is 0 Å². The van der Waals surface area contributed by atoms with Gasteiger partial charge in [0, 0.05) is 25.6 Å². The number of carbonyl (C=O) groups is 2. The average molecular weight is 239 g/mol. The van der Waals surface area contributed by atoms with Gasteiger partial charge in [0.25, 0.3) is 0 Å². The summed E-state index contributed by atoms with van der Waals surface area (Å²) < 4.78 is 0. The minimum absolute atomic E-state index is 0.0160. The highest BCUT2D eigenvalue weighted by Gasteiger charge is 2.36. The van der Waals surface area contributed by atoms with Gasteiger partial charge in [-0.05, 0) is 25.2 Å². The topological polar surface area (TPSA) is 75.4 Å². The van der Waals surface area contributed by atoms with Crippen LogP contribution in [0.15, 0.2) is 0 Å². The minimum Gasteiger partial charge on any atom is -0.344 e. The van der Waals surface area contributed by atoms with E-state index < -0.39 is 0 Å². The Kier molecular flexibility index (Phi) is 3.66. The molecule has 2 unspecified atom stereocenters. The van der Waals surface area contributed by atoms with Gasteiger partial charge in [-0.25, -0.2) is 0 Å². The first kappa shape index (κ1) is 12.4. The fraction of sp³-hybridized carbons (Fsp3) is 0.833. The van der Waals surface area contributed by atoms with Crippen molar-refractivity contribution < 1.29 is 9.59 Å². The molecular formula is C12H21N3O2. The Bertz CT molecular complexity index is 319. The van der Waals surface area contributed by atoms with E-state index in [1.165, 1.54) is 0 Å². The Balaban J connectivity index is 2.04. The van der Waals surface area contributed by atoms with Crippen molar-refractivity contribution >= 4 is 11.8 Å². The van der Waals surface area contributed by atoms with Gasteiger partial charge >= 0.3 is 0 Å². The maximum absolute atomic E-state index is 12.3. The summed E-state index contributed by atoms with van der Waals surface area (Å²) in [5.41, 5.74) is 5.77. The van der Waals surface area contributed by atoms with Crippen LogP contribution in [0.5, 0.6) is 0 Å². The van der Waals surface area contributed by atoms with Crippen LogP contribution in [0.4, 0.5) is 0 Å². The lowest BCUT2D eigenvalue weighted by Crippen LogP contribution is -2.55. The Morgan fingerprint density at radius 1 is 1.53 bits per heavy atom. The van der Waals surface area contributed by atoms with Gasteiger partial charge < -0.3 is 16.0 Å². The summed E-state index contributed by atoms with van der Waals surface area (Å²) in [6.45, 7) is 3.43. The maximum Gasteiger partial charge on any atom is 0.245 e. The molecule has 5 nitrogen and oxygen atoms in total. The fourth-order valence-corrected chi connectivity index (χ4v) is 2.88. The molecule has 3 N–H and O–H groups in total. The van der Waals surface area contributed by atoms with Gasteiger partial charge in [-0.1, -0.05) is 6.92 Å². The molecule has 0 saturated carbocycles. The highest BCUT2D eigenvalue weighted by Crippen LogP contribution is 2.24. The van der Waals surface area contributed by atoms with E-state index in [1.807, 2.05) is 4.90 Å². The largest absolute Gasteiger partial charge is 0.344 e. The molecule has 0 aromatic rings. The summed E-state index contributed by atoms with van der Waals surface area (Å²) in [4.78, 5) is 25.3.